The van der Waals surface area contributed by atoms with Gasteiger partial charge >= 0.3 is 5.97 Å². The van der Waals surface area contributed by atoms with E-state index < -0.39 is 5.97 Å². The lowest BCUT2D eigenvalue weighted by Crippen LogP contribution is -2.32. The van der Waals surface area contributed by atoms with Crippen LogP contribution in [0.4, 0.5) is 0 Å². The fourth-order valence-corrected chi connectivity index (χ4v) is 2.60. The molecule has 0 unspecified atom stereocenters. The summed E-state index contributed by atoms with van der Waals surface area (Å²) in [6.07, 6.45) is 9.53. The average molecular weight is 219 g/mol. The van der Waals surface area contributed by atoms with Crippen LogP contribution in [0.5, 0.6) is 0 Å². The van der Waals surface area contributed by atoms with Crippen molar-refractivity contribution in [1.82, 2.24) is 9.97 Å². The zero-order chi connectivity index (χ0) is 11.4. The molecule has 0 atom stereocenters. The summed E-state index contributed by atoms with van der Waals surface area (Å²) in [6.45, 7) is 0. The normalized spacial score (nSPS) is 19.2. The predicted molar refractivity (Wildman–Crippen MR) is 57.9 cm³/mol. The molecule has 0 bridgehead atoms. The van der Waals surface area contributed by atoms with E-state index in [1.165, 1.54) is 6.42 Å². The molecule has 1 N–H and O–H groups in total. The van der Waals surface area contributed by atoms with Crippen molar-refractivity contribution in [2.24, 2.45) is 0 Å². The number of hydrogen-bond acceptors (Lipinski definition) is 3. The highest BCUT2D eigenvalue weighted by atomic mass is 16.4. The minimum absolute atomic E-state index is 0.165. The quantitative estimate of drug-likeness (QED) is 0.844. The number of aromatic nitrogens is 2. The van der Waals surface area contributed by atoms with Gasteiger partial charge in [-0.3, -0.25) is 4.79 Å². The maximum Gasteiger partial charge on any atom is 0.304 e. The highest BCUT2D eigenvalue weighted by molar-refractivity contribution is 5.69. The largest absolute Gasteiger partial charge is 0.481 e. The first-order chi connectivity index (χ1) is 7.73. The van der Waals surface area contributed by atoms with Gasteiger partial charge in [-0.25, -0.2) is 9.97 Å². The molecule has 0 amide bonds. The molecule has 0 saturated heterocycles. The Hall–Kier alpha value is -1.45. The van der Waals surface area contributed by atoms with Crippen molar-refractivity contribution in [2.45, 2.75) is 43.9 Å². The van der Waals surface area contributed by atoms with Gasteiger partial charge in [0.2, 0.25) is 0 Å². The average Bonchev–Trinajstić information content (AvgIpc) is 2.30. The Kier molecular flexibility index (Phi) is 3.17. The minimum atomic E-state index is -0.750. The number of carboxylic acid groups (broad SMARTS) is 1. The molecule has 85 valence electrons. The molecule has 1 fully saturated rings. The molecular formula is C12H15N2O2. The predicted octanol–water partition coefficient (Wildman–Crippen LogP) is 1.95. The molecule has 1 aliphatic rings. The van der Waals surface area contributed by atoms with Crippen LogP contribution in [0, 0.1) is 6.33 Å². The van der Waals surface area contributed by atoms with E-state index in [0.717, 1.165) is 31.4 Å². The van der Waals surface area contributed by atoms with E-state index in [9.17, 15) is 4.79 Å². The Bertz CT molecular complexity index is 359. The molecule has 4 heteroatoms. The monoisotopic (exact) mass is 219 g/mol. The fourth-order valence-electron chi connectivity index (χ4n) is 2.60. The second kappa shape index (κ2) is 4.60. The summed E-state index contributed by atoms with van der Waals surface area (Å²) in [5, 5.41) is 9.04. The van der Waals surface area contributed by atoms with Gasteiger partial charge in [0.15, 0.2) is 6.33 Å². The summed E-state index contributed by atoms with van der Waals surface area (Å²) in [5.74, 6) is -0.750. The first-order valence-electron chi connectivity index (χ1n) is 5.64. The van der Waals surface area contributed by atoms with E-state index >= 15 is 0 Å². The zero-order valence-corrected chi connectivity index (χ0v) is 9.15. The fraction of sp³-hybridized carbons (Fsp3) is 0.583. The van der Waals surface area contributed by atoms with E-state index in [2.05, 4.69) is 16.3 Å². The smallest absolute Gasteiger partial charge is 0.304 e. The Balaban J connectivity index is 2.29. The van der Waals surface area contributed by atoms with Gasteiger partial charge in [-0.2, -0.15) is 0 Å². The van der Waals surface area contributed by atoms with Crippen LogP contribution < -0.4 is 0 Å². The van der Waals surface area contributed by atoms with Crippen molar-refractivity contribution in [2.75, 3.05) is 0 Å². The lowest BCUT2D eigenvalue weighted by Gasteiger charge is -2.35. The number of carbonyl (C=O) groups is 1. The molecule has 16 heavy (non-hydrogen) atoms. The third kappa shape index (κ3) is 2.21. The van der Waals surface area contributed by atoms with E-state index in [1.54, 1.807) is 6.20 Å². The molecule has 2 rings (SSSR count). The van der Waals surface area contributed by atoms with E-state index in [0.29, 0.717) is 0 Å². The van der Waals surface area contributed by atoms with Crippen molar-refractivity contribution >= 4 is 5.97 Å². The SMILES string of the molecule is O=C(O)CC1(c2ccn[c]n2)CCCCC1. The van der Waals surface area contributed by atoms with Crippen LogP contribution in [0.2, 0.25) is 0 Å². The number of nitrogens with zero attached hydrogens (tertiary/aromatic N) is 2. The lowest BCUT2D eigenvalue weighted by atomic mass is 9.69. The highest BCUT2D eigenvalue weighted by Crippen LogP contribution is 2.40. The van der Waals surface area contributed by atoms with Crippen molar-refractivity contribution in [3.8, 4) is 0 Å². The van der Waals surface area contributed by atoms with E-state index in [4.69, 9.17) is 5.11 Å². The Labute approximate surface area is 94.7 Å². The Morgan fingerprint density at radius 2 is 2.19 bits per heavy atom. The van der Waals surface area contributed by atoms with Crippen LogP contribution in [0.15, 0.2) is 12.3 Å². The molecule has 1 aromatic rings. The molecule has 1 radical (unpaired) electrons. The van der Waals surface area contributed by atoms with Gasteiger partial charge < -0.3 is 5.11 Å². The molecule has 0 aromatic carbocycles. The lowest BCUT2D eigenvalue weighted by molar-refractivity contribution is -0.138. The number of aliphatic carboxylic acids is 1. The van der Waals surface area contributed by atoms with Crippen LogP contribution >= 0.6 is 0 Å². The summed E-state index contributed by atoms with van der Waals surface area (Å²) in [5.41, 5.74) is 0.549. The van der Waals surface area contributed by atoms with Crippen molar-refractivity contribution in [3.63, 3.8) is 0 Å². The van der Waals surface area contributed by atoms with Gasteiger partial charge in [-0.05, 0) is 18.9 Å². The van der Waals surface area contributed by atoms with E-state index in [1.807, 2.05) is 6.07 Å². The molecule has 0 aliphatic heterocycles. The van der Waals surface area contributed by atoms with Gasteiger partial charge in [0, 0.05) is 11.6 Å². The molecule has 1 saturated carbocycles. The molecule has 1 aromatic heterocycles. The topological polar surface area (TPSA) is 63.1 Å². The maximum absolute atomic E-state index is 11.0. The van der Waals surface area contributed by atoms with Gasteiger partial charge in [0.25, 0.3) is 0 Å². The number of carboxylic acids is 1. The Morgan fingerprint density at radius 3 is 2.75 bits per heavy atom. The van der Waals surface area contributed by atoms with Crippen molar-refractivity contribution in [3.05, 3.63) is 24.3 Å². The summed E-state index contributed by atoms with van der Waals surface area (Å²) in [7, 11) is 0. The van der Waals surface area contributed by atoms with Crippen molar-refractivity contribution < 1.29 is 9.90 Å². The van der Waals surface area contributed by atoms with E-state index in [-0.39, 0.29) is 11.8 Å². The van der Waals surface area contributed by atoms with Crippen molar-refractivity contribution in [1.29, 1.82) is 0 Å². The van der Waals surface area contributed by atoms with Crippen LogP contribution in [-0.2, 0) is 10.2 Å². The third-order valence-electron chi connectivity index (χ3n) is 3.38. The first-order valence-corrected chi connectivity index (χ1v) is 5.64. The number of hydrogen-bond donors (Lipinski definition) is 1. The van der Waals surface area contributed by atoms with Crippen LogP contribution in [0.1, 0.15) is 44.2 Å². The van der Waals surface area contributed by atoms with Crippen LogP contribution in [0.25, 0.3) is 0 Å². The molecule has 1 aliphatic carbocycles. The van der Waals surface area contributed by atoms with Gasteiger partial charge in [-0.1, -0.05) is 19.3 Å². The summed E-state index contributed by atoms with van der Waals surface area (Å²) in [4.78, 5) is 18.9. The molecular weight excluding hydrogens is 204 g/mol. The van der Waals surface area contributed by atoms with Gasteiger partial charge in [-0.15, -0.1) is 0 Å². The molecule has 0 spiro atoms. The second-order valence-electron chi connectivity index (χ2n) is 4.45. The molecule has 4 nitrogen and oxygen atoms in total. The zero-order valence-electron chi connectivity index (χ0n) is 9.15. The van der Waals surface area contributed by atoms with Gasteiger partial charge in [0.1, 0.15) is 0 Å². The van der Waals surface area contributed by atoms with Crippen LogP contribution in [0.3, 0.4) is 0 Å². The number of rotatable bonds is 3. The summed E-state index contributed by atoms with van der Waals surface area (Å²) in [6, 6.07) is 1.82. The van der Waals surface area contributed by atoms with Gasteiger partial charge in [0.05, 0.1) is 12.1 Å². The Morgan fingerprint density at radius 1 is 1.44 bits per heavy atom. The second-order valence-corrected chi connectivity index (χ2v) is 4.45. The molecule has 1 heterocycles. The highest BCUT2D eigenvalue weighted by Gasteiger charge is 2.37. The summed E-state index contributed by atoms with van der Waals surface area (Å²) < 4.78 is 0. The third-order valence-corrected chi connectivity index (χ3v) is 3.38. The van der Waals surface area contributed by atoms with Crippen LogP contribution in [-0.4, -0.2) is 21.0 Å². The minimum Gasteiger partial charge on any atom is -0.481 e. The maximum atomic E-state index is 11.0. The summed E-state index contributed by atoms with van der Waals surface area (Å²) >= 11 is 0. The first kappa shape index (κ1) is 11.0. The standard InChI is InChI=1S/C12H15N2O2/c15-11(16)8-12(5-2-1-3-6-12)10-4-7-13-9-14-10/h4,7H,1-3,5-6,8H2,(H,15,16).